The zero-order valence-electron chi connectivity index (χ0n) is 36.4. The van der Waals surface area contributed by atoms with E-state index in [2.05, 4.69) is 10.5 Å². The number of nitrogens with zero attached hydrogens (tertiary/aromatic N) is 1. The first kappa shape index (κ1) is 49.8. The molecular weight excluding hydrogens is 748 g/mol. The molecule has 3 fully saturated rings. The maximum Gasteiger partial charge on any atom is 0.311 e. The Balaban J connectivity index is 2.21. The van der Waals surface area contributed by atoms with Crippen LogP contribution in [0.3, 0.4) is 0 Å². The standard InChI is InChI=1S/C40H74N2O15/c1-14-28-40(10,48)33(44)23(4)30(42-52-20-51-16-15-49-12)21(2)18-38(8,47)35(57-37-31(43)27(41-11)17-22(3)53-37)24(5)32(25(6)36(46)55-28)56-29-19-39(9,50-13)34(45)26(7)54-29/h21-29,31-35,37,41,43-45,47-48H,14-20H2,1-13H3/b42-30+/t21-,22-,23+,24-,25-,26+,27+,28-,29+,31-,32+,33+,34+,35-,37+,38-,39-,40-/m1/s1. The molecule has 334 valence electrons. The first-order chi connectivity index (χ1) is 26.6. The molecule has 0 aromatic heterocycles. The molecule has 57 heavy (non-hydrogen) atoms. The first-order valence-corrected chi connectivity index (χ1v) is 20.4. The van der Waals surface area contributed by atoms with Gasteiger partial charge in [-0.05, 0) is 67.9 Å². The lowest BCUT2D eigenvalue weighted by Gasteiger charge is -2.49. The van der Waals surface area contributed by atoms with Crippen LogP contribution in [0.1, 0.15) is 94.9 Å². The van der Waals surface area contributed by atoms with E-state index in [1.807, 2.05) is 6.92 Å². The van der Waals surface area contributed by atoms with Gasteiger partial charge in [-0.2, -0.15) is 0 Å². The molecule has 0 amide bonds. The number of carbonyl (C=O) groups is 1. The number of cyclic esters (lactones) is 1. The van der Waals surface area contributed by atoms with Crippen molar-refractivity contribution < 1.29 is 73.1 Å². The third kappa shape index (κ3) is 12.0. The lowest BCUT2D eigenvalue weighted by molar-refractivity contribution is -0.315. The van der Waals surface area contributed by atoms with Crippen molar-refractivity contribution in [3.63, 3.8) is 0 Å². The van der Waals surface area contributed by atoms with E-state index in [0.29, 0.717) is 18.7 Å². The number of hydrogen-bond donors (Lipinski definition) is 6. The van der Waals surface area contributed by atoms with Gasteiger partial charge >= 0.3 is 5.97 Å². The monoisotopic (exact) mass is 823 g/mol. The van der Waals surface area contributed by atoms with Crippen molar-refractivity contribution >= 4 is 11.7 Å². The summed E-state index contributed by atoms with van der Waals surface area (Å²) in [5.41, 5.74) is -4.49. The highest BCUT2D eigenvalue weighted by Crippen LogP contribution is 2.41. The molecule has 17 nitrogen and oxygen atoms in total. The molecule has 3 heterocycles. The van der Waals surface area contributed by atoms with Gasteiger partial charge in [0, 0.05) is 44.4 Å². The molecule has 0 saturated carbocycles. The van der Waals surface area contributed by atoms with E-state index >= 15 is 0 Å². The van der Waals surface area contributed by atoms with Crippen LogP contribution in [-0.2, 0) is 47.5 Å². The van der Waals surface area contributed by atoms with Gasteiger partial charge in [-0.25, -0.2) is 0 Å². The fourth-order valence-corrected chi connectivity index (χ4v) is 8.73. The average molecular weight is 823 g/mol. The Morgan fingerprint density at radius 3 is 2.18 bits per heavy atom. The van der Waals surface area contributed by atoms with Crippen molar-refractivity contribution in [1.82, 2.24) is 5.32 Å². The zero-order valence-corrected chi connectivity index (χ0v) is 36.4. The number of aliphatic hydroxyl groups excluding tert-OH is 3. The van der Waals surface area contributed by atoms with Crippen molar-refractivity contribution in [3.8, 4) is 0 Å². The van der Waals surface area contributed by atoms with Gasteiger partial charge in [-0.3, -0.25) is 4.79 Å². The SMILES string of the molecule is CC[C@H]1OC(=O)[C@H](C)[C@@H](O[C@H]2C[C@@](C)(OC)[C@@H](O)[C@H](C)O2)[C@@H](C)[C@@H](O[C@@H]2O[C@H](C)C[C@H](NC)[C@H]2O)[C@](C)(O)C[C@@H](C)/C(=N\OCOCCOC)[C@H](C)[C@H](O)[C@]1(C)O. The summed E-state index contributed by atoms with van der Waals surface area (Å²) in [5.74, 6) is -4.14. The highest BCUT2D eigenvalue weighted by Gasteiger charge is 2.53. The van der Waals surface area contributed by atoms with Crippen LogP contribution in [0.2, 0.25) is 0 Å². The Morgan fingerprint density at radius 2 is 1.58 bits per heavy atom. The van der Waals surface area contributed by atoms with Crippen LogP contribution in [-0.4, -0.2) is 163 Å². The maximum absolute atomic E-state index is 14.3. The van der Waals surface area contributed by atoms with E-state index < -0.39 is 102 Å². The summed E-state index contributed by atoms with van der Waals surface area (Å²) in [6.07, 6.45) is -9.54. The highest BCUT2D eigenvalue weighted by atomic mass is 16.7. The summed E-state index contributed by atoms with van der Waals surface area (Å²) in [6, 6.07) is -0.379. The minimum Gasteiger partial charge on any atom is -0.459 e. The van der Waals surface area contributed by atoms with Gasteiger partial charge in [0.1, 0.15) is 23.9 Å². The molecule has 0 spiro atoms. The Morgan fingerprint density at radius 1 is 0.912 bits per heavy atom. The normalized spacial score (nSPS) is 46.3. The number of methoxy groups -OCH3 is 2. The number of likely N-dealkylation sites (N-methyl/N-ethyl adjacent to an activating group) is 1. The fourth-order valence-electron chi connectivity index (χ4n) is 8.73. The summed E-state index contributed by atoms with van der Waals surface area (Å²) >= 11 is 0. The lowest BCUT2D eigenvalue weighted by Crippen LogP contribution is -2.61. The number of carbonyl (C=O) groups excluding carboxylic acids is 1. The van der Waals surface area contributed by atoms with E-state index in [9.17, 15) is 30.3 Å². The second kappa shape index (κ2) is 21.3. The molecule has 0 radical (unpaired) electrons. The smallest absolute Gasteiger partial charge is 0.311 e. The minimum atomic E-state index is -1.97. The van der Waals surface area contributed by atoms with Gasteiger partial charge < -0.3 is 73.6 Å². The van der Waals surface area contributed by atoms with Gasteiger partial charge in [0.25, 0.3) is 0 Å². The zero-order chi connectivity index (χ0) is 43.0. The molecule has 0 aromatic rings. The first-order valence-electron chi connectivity index (χ1n) is 20.4. The molecule has 3 aliphatic rings. The Bertz CT molecular complexity index is 1270. The highest BCUT2D eigenvalue weighted by molar-refractivity contribution is 5.88. The second-order valence-electron chi connectivity index (χ2n) is 17.1. The van der Waals surface area contributed by atoms with E-state index in [-0.39, 0.29) is 44.8 Å². The summed E-state index contributed by atoms with van der Waals surface area (Å²) in [5, 5.41) is 66.4. The molecule has 0 aromatic carbocycles. The molecule has 6 N–H and O–H groups in total. The molecule has 3 saturated heterocycles. The van der Waals surface area contributed by atoms with E-state index in [0.717, 1.165) is 0 Å². The molecule has 0 unspecified atom stereocenters. The number of oxime groups is 1. The number of hydrogen-bond acceptors (Lipinski definition) is 17. The molecule has 3 aliphatic heterocycles. The van der Waals surface area contributed by atoms with Crippen molar-refractivity contribution in [2.45, 2.75) is 179 Å². The van der Waals surface area contributed by atoms with Gasteiger partial charge in [0.2, 0.25) is 6.79 Å². The molecule has 18 atom stereocenters. The van der Waals surface area contributed by atoms with Crippen LogP contribution in [0.25, 0.3) is 0 Å². The Kier molecular flexibility index (Phi) is 18.6. The number of nitrogens with one attached hydrogen (secondary N) is 1. The van der Waals surface area contributed by atoms with Crippen molar-refractivity contribution in [3.05, 3.63) is 0 Å². The lowest BCUT2D eigenvalue weighted by atomic mass is 9.73. The van der Waals surface area contributed by atoms with Crippen molar-refractivity contribution in [2.75, 3.05) is 41.3 Å². The van der Waals surface area contributed by atoms with Crippen LogP contribution in [0, 0.1) is 23.7 Å². The topological polar surface area (TPSA) is 226 Å². The van der Waals surface area contributed by atoms with Gasteiger partial charge in [0.15, 0.2) is 12.6 Å². The number of esters is 1. The molecule has 3 rings (SSSR count). The quantitative estimate of drug-likeness (QED) is 0.0675. The summed E-state index contributed by atoms with van der Waals surface area (Å²) in [6.45, 7) is 17.2. The number of ether oxygens (including phenoxy) is 8. The molecule has 0 aliphatic carbocycles. The molecular formula is C40H74N2O15. The maximum atomic E-state index is 14.3. The summed E-state index contributed by atoms with van der Waals surface area (Å²) in [4.78, 5) is 19.8. The van der Waals surface area contributed by atoms with E-state index in [4.69, 9.17) is 42.7 Å². The van der Waals surface area contributed by atoms with Gasteiger partial charge in [-0.1, -0.05) is 32.9 Å². The van der Waals surface area contributed by atoms with Crippen LogP contribution in [0.4, 0.5) is 0 Å². The average Bonchev–Trinajstić information content (AvgIpc) is 3.15. The Labute approximate surface area is 339 Å². The predicted octanol–water partition coefficient (Wildman–Crippen LogP) is 1.87. The van der Waals surface area contributed by atoms with Crippen LogP contribution < -0.4 is 5.32 Å². The minimum absolute atomic E-state index is 0.0323. The van der Waals surface area contributed by atoms with Crippen LogP contribution >= 0.6 is 0 Å². The largest absolute Gasteiger partial charge is 0.459 e. The van der Waals surface area contributed by atoms with Crippen molar-refractivity contribution in [2.24, 2.45) is 28.8 Å². The van der Waals surface area contributed by atoms with Crippen LogP contribution in [0.5, 0.6) is 0 Å². The second-order valence-corrected chi connectivity index (χ2v) is 17.1. The third-order valence-corrected chi connectivity index (χ3v) is 12.3. The van der Waals surface area contributed by atoms with Crippen molar-refractivity contribution in [1.29, 1.82) is 0 Å². The van der Waals surface area contributed by atoms with Crippen LogP contribution in [0.15, 0.2) is 5.16 Å². The molecule has 17 heteroatoms. The predicted molar refractivity (Wildman–Crippen MR) is 208 cm³/mol. The number of rotatable bonds is 13. The van der Waals surface area contributed by atoms with E-state index in [1.54, 1.807) is 69.5 Å². The summed E-state index contributed by atoms with van der Waals surface area (Å²) in [7, 11) is 4.77. The van der Waals surface area contributed by atoms with Gasteiger partial charge in [0.05, 0.1) is 66.6 Å². The van der Waals surface area contributed by atoms with Gasteiger partial charge in [-0.15, -0.1) is 0 Å². The molecule has 0 bridgehead atoms. The summed E-state index contributed by atoms with van der Waals surface area (Å²) < 4.78 is 47.9. The van der Waals surface area contributed by atoms with E-state index in [1.165, 1.54) is 14.0 Å². The Hall–Kier alpha value is -1.58. The number of aliphatic hydroxyl groups is 5. The third-order valence-electron chi connectivity index (χ3n) is 12.3. The fraction of sp³-hybridized carbons (Fsp3) is 0.950.